The number of aliphatic imine (C=N–C) groups is 1. The highest BCUT2D eigenvalue weighted by atomic mass is 16.3. The monoisotopic (exact) mass is 128 g/mol. The van der Waals surface area contributed by atoms with Crippen LogP contribution < -0.4 is 5.32 Å². The summed E-state index contributed by atoms with van der Waals surface area (Å²) in [5.74, 6) is -1.56. The Morgan fingerprint density at radius 2 is 2.33 bits per heavy atom. The molecule has 9 heavy (non-hydrogen) atoms. The SMILES string of the molecule is O=C1C=N[C@H](O)NC1=O. The normalized spacial score (nSPS) is 26.1. The van der Waals surface area contributed by atoms with Crippen LogP contribution in [0.25, 0.3) is 0 Å². The summed E-state index contributed by atoms with van der Waals surface area (Å²) in [5.41, 5.74) is 0. The number of nitrogens with one attached hydrogen (secondary N) is 1. The van der Waals surface area contributed by atoms with Crippen molar-refractivity contribution in [1.29, 1.82) is 0 Å². The average molecular weight is 128 g/mol. The van der Waals surface area contributed by atoms with Crippen molar-refractivity contribution in [2.24, 2.45) is 4.99 Å². The fourth-order valence-corrected chi connectivity index (χ4v) is 0.423. The van der Waals surface area contributed by atoms with E-state index in [9.17, 15) is 9.59 Å². The van der Waals surface area contributed by atoms with Crippen LogP contribution in [-0.2, 0) is 9.59 Å². The Bertz CT molecular complexity index is 186. The molecule has 5 nitrogen and oxygen atoms in total. The average Bonchev–Trinajstić information content (AvgIpc) is 1.80. The Kier molecular flexibility index (Phi) is 1.27. The lowest BCUT2D eigenvalue weighted by Gasteiger charge is -2.09. The topological polar surface area (TPSA) is 78.8 Å². The van der Waals surface area contributed by atoms with Crippen LogP contribution in [0.5, 0.6) is 0 Å². The lowest BCUT2D eigenvalue weighted by molar-refractivity contribution is -0.136. The van der Waals surface area contributed by atoms with Crippen LogP contribution in [0.2, 0.25) is 0 Å². The zero-order chi connectivity index (χ0) is 6.85. The minimum Gasteiger partial charge on any atom is -0.355 e. The standard InChI is InChI=1S/C4H4N2O3/c7-2-1-5-4(9)6-3(2)8/h1,4,9H,(H,6,8)/t4-/m0/s1. The molecule has 0 fully saturated rings. The molecular formula is C4H4N2O3. The molecule has 2 N–H and O–H groups in total. The number of hydrogen-bond donors (Lipinski definition) is 2. The van der Waals surface area contributed by atoms with E-state index < -0.39 is 18.0 Å². The highest BCUT2D eigenvalue weighted by molar-refractivity contribution is 6.58. The molecule has 0 saturated carbocycles. The summed E-state index contributed by atoms with van der Waals surface area (Å²) in [6.07, 6.45) is -0.459. The van der Waals surface area contributed by atoms with Crippen LogP contribution in [0.3, 0.4) is 0 Å². The Morgan fingerprint density at radius 1 is 1.67 bits per heavy atom. The molecule has 0 aliphatic carbocycles. The van der Waals surface area contributed by atoms with Gasteiger partial charge in [-0.15, -0.1) is 0 Å². The van der Waals surface area contributed by atoms with Gasteiger partial charge in [0.25, 0.3) is 11.7 Å². The number of amides is 1. The molecule has 48 valence electrons. The van der Waals surface area contributed by atoms with E-state index in [4.69, 9.17) is 5.11 Å². The molecular weight excluding hydrogens is 124 g/mol. The maximum absolute atomic E-state index is 10.3. The zero-order valence-electron chi connectivity index (χ0n) is 4.37. The number of aliphatic hydroxyl groups excluding tert-OH is 1. The first-order chi connectivity index (χ1) is 4.20. The smallest absolute Gasteiger partial charge is 0.296 e. The van der Waals surface area contributed by atoms with Crippen LogP contribution in [0, 0.1) is 0 Å². The molecule has 1 aliphatic rings. The lowest BCUT2D eigenvalue weighted by atomic mass is 10.4. The third-order valence-corrected chi connectivity index (χ3v) is 0.817. The lowest BCUT2D eigenvalue weighted by Crippen LogP contribution is -2.42. The first-order valence-corrected chi connectivity index (χ1v) is 2.26. The zero-order valence-corrected chi connectivity index (χ0v) is 4.37. The maximum Gasteiger partial charge on any atom is 0.296 e. The summed E-state index contributed by atoms with van der Waals surface area (Å²) < 4.78 is 0. The van der Waals surface area contributed by atoms with Gasteiger partial charge in [0.05, 0.1) is 6.21 Å². The number of rotatable bonds is 0. The van der Waals surface area contributed by atoms with E-state index in [1.165, 1.54) is 0 Å². The van der Waals surface area contributed by atoms with Gasteiger partial charge in [0.2, 0.25) is 6.35 Å². The van der Waals surface area contributed by atoms with Crippen LogP contribution in [0.4, 0.5) is 0 Å². The van der Waals surface area contributed by atoms with Gasteiger partial charge in [-0.2, -0.15) is 0 Å². The summed E-state index contributed by atoms with van der Waals surface area (Å²) in [5, 5.41) is 10.4. The van der Waals surface area contributed by atoms with Crippen molar-refractivity contribution >= 4 is 17.9 Å². The first-order valence-electron chi connectivity index (χ1n) is 2.26. The highest BCUT2D eigenvalue weighted by Gasteiger charge is 2.18. The van der Waals surface area contributed by atoms with Crippen molar-refractivity contribution in [3.63, 3.8) is 0 Å². The summed E-state index contributed by atoms with van der Waals surface area (Å²) in [7, 11) is 0. The van der Waals surface area contributed by atoms with Crippen LogP contribution >= 0.6 is 0 Å². The summed E-state index contributed by atoms with van der Waals surface area (Å²) in [4.78, 5) is 23.8. The van der Waals surface area contributed by atoms with Gasteiger partial charge in [-0.25, -0.2) is 4.99 Å². The van der Waals surface area contributed by atoms with Gasteiger partial charge in [0.1, 0.15) is 0 Å². The quantitative estimate of drug-likeness (QED) is 0.371. The molecule has 0 radical (unpaired) electrons. The predicted molar refractivity (Wildman–Crippen MR) is 27.6 cm³/mol. The van der Waals surface area contributed by atoms with E-state index in [1.807, 2.05) is 5.32 Å². The fourth-order valence-electron chi connectivity index (χ4n) is 0.423. The molecule has 1 amide bonds. The minimum atomic E-state index is -1.25. The number of carbonyl (C=O) groups is 2. The third kappa shape index (κ3) is 1.11. The molecule has 1 aliphatic heterocycles. The first kappa shape index (κ1) is 5.90. The molecule has 1 atom stereocenters. The second-order valence-electron chi connectivity index (χ2n) is 1.49. The van der Waals surface area contributed by atoms with Gasteiger partial charge in [-0.05, 0) is 0 Å². The highest BCUT2D eigenvalue weighted by Crippen LogP contribution is 1.85. The number of carbonyl (C=O) groups excluding carboxylic acids is 2. The van der Waals surface area contributed by atoms with Crippen molar-refractivity contribution in [1.82, 2.24) is 5.32 Å². The molecule has 0 unspecified atom stereocenters. The third-order valence-electron chi connectivity index (χ3n) is 0.817. The van der Waals surface area contributed by atoms with Gasteiger partial charge >= 0.3 is 0 Å². The summed E-state index contributed by atoms with van der Waals surface area (Å²) >= 11 is 0. The molecule has 0 aromatic carbocycles. The second-order valence-corrected chi connectivity index (χ2v) is 1.49. The van der Waals surface area contributed by atoms with Crippen molar-refractivity contribution in [2.75, 3.05) is 0 Å². The Morgan fingerprint density at radius 3 is 2.78 bits per heavy atom. The summed E-state index contributed by atoms with van der Waals surface area (Å²) in [6.45, 7) is 0. The van der Waals surface area contributed by atoms with Gasteiger partial charge in [0, 0.05) is 0 Å². The molecule has 0 saturated heterocycles. The molecule has 0 bridgehead atoms. The number of nitrogens with zero attached hydrogens (tertiary/aromatic N) is 1. The summed E-state index contributed by atoms with van der Waals surface area (Å²) in [6, 6.07) is 0. The fraction of sp³-hybridized carbons (Fsp3) is 0.250. The van der Waals surface area contributed by atoms with E-state index in [2.05, 4.69) is 4.99 Å². The minimum absolute atomic E-state index is 0.736. The van der Waals surface area contributed by atoms with Gasteiger partial charge < -0.3 is 10.4 Å². The van der Waals surface area contributed by atoms with Gasteiger partial charge in [-0.1, -0.05) is 0 Å². The molecule has 0 aromatic heterocycles. The van der Waals surface area contributed by atoms with Crippen LogP contribution in [-0.4, -0.2) is 29.4 Å². The molecule has 0 spiro atoms. The van der Waals surface area contributed by atoms with E-state index in [1.54, 1.807) is 0 Å². The van der Waals surface area contributed by atoms with Gasteiger partial charge in [0.15, 0.2) is 0 Å². The number of aliphatic hydroxyl groups is 1. The predicted octanol–water partition coefficient (Wildman–Crippen LogP) is -1.97. The van der Waals surface area contributed by atoms with Gasteiger partial charge in [-0.3, -0.25) is 9.59 Å². The Hall–Kier alpha value is -1.23. The molecule has 1 heterocycles. The van der Waals surface area contributed by atoms with Crippen molar-refractivity contribution in [3.8, 4) is 0 Å². The van der Waals surface area contributed by atoms with Crippen LogP contribution in [0.1, 0.15) is 0 Å². The van der Waals surface area contributed by atoms with E-state index in [0.717, 1.165) is 6.21 Å². The van der Waals surface area contributed by atoms with Crippen LogP contribution in [0.15, 0.2) is 4.99 Å². The number of ketones is 1. The van der Waals surface area contributed by atoms with Crippen molar-refractivity contribution in [3.05, 3.63) is 0 Å². The van der Waals surface area contributed by atoms with Crippen molar-refractivity contribution in [2.45, 2.75) is 6.35 Å². The molecule has 1 rings (SSSR count). The Labute approximate surface area is 50.4 Å². The van der Waals surface area contributed by atoms with E-state index >= 15 is 0 Å². The maximum atomic E-state index is 10.3. The van der Waals surface area contributed by atoms with E-state index in [-0.39, 0.29) is 0 Å². The second kappa shape index (κ2) is 1.94. The number of hydrogen-bond acceptors (Lipinski definition) is 4. The molecule has 5 heteroatoms. The largest absolute Gasteiger partial charge is 0.355 e. The van der Waals surface area contributed by atoms with Crippen molar-refractivity contribution < 1.29 is 14.7 Å². The molecule has 0 aromatic rings. The Balaban J connectivity index is 2.77. The number of Topliss-reactive ketones (excluding diaryl/α,β-unsaturated/α-hetero) is 1. The van der Waals surface area contributed by atoms with E-state index in [0.29, 0.717) is 0 Å².